The Morgan fingerprint density at radius 3 is 3.00 bits per heavy atom. The third-order valence-electron chi connectivity index (χ3n) is 2.69. The number of carbonyl (C=O) groups is 1. The van der Waals surface area contributed by atoms with Crippen molar-refractivity contribution in [3.8, 4) is 12.3 Å². The molecule has 0 unspecified atom stereocenters. The highest BCUT2D eigenvalue weighted by atomic mass is 32.1. The van der Waals surface area contributed by atoms with E-state index in [1.165, 1.54) is 22.6 Å². The molecule has 3 nitrogen and oxygen atoms in total. The van der Waals surface area contributed by atoms with Crippen molar-refractivity contribution in [2.24, 2.45) is 0 Å². The third kappa shape index (κ3) is 1.91. The van der Waals surface area contributed by atoms with Crippen molar-refractivity contribution >= 4 is 22.3 Å². The largest absolute Gasteiger partial charge is 0.449 e. The van der Waals surface area contributed by atoms with Crippen LogP contribution in [0.2, 0.25) is 0 Å². The number of esters is 1. The topological polar surface area (TPSA) is 52.3 Å². The van der Waals surface area contributed by atoms with Crippen molar-refractivity contribution in [1.82, 2.24) is 0 Å². The molecule has 1 heterocycles. The number of rotatable bonds is 2. The van der Waals surface area contributed by atoms with Gasteiger partial charge in [0.05, 0.1) is 5.56 Å². The quantitative estimate of drug-likeness (QED) is 0.630. The van der Waals surface area contributed by atoms with E-state index < -0.39 is 0 Å². The van der Waals surface area contributed by atoms with Gasteiger partial charge in [0, 0.05) is 4.88 Å². The fourth-order valence-corrected chi connectivity index (χ4v) is 3.14. The number of terminal acetylenes is 1. The summed E-state index contributed by atoms with van der Waals surface area (Å²) in [5.74, 6) is 1.90. The Bertz CT molecular complexity index is 456. The van der Waals surface area contributed by atoms with Crippen molar-refractivity contribution in [2.75, 3.05) is 12.3 Å². The van der Waals surface area contributed by atoms with Gasteiger partial charge in [-0.25, -0.2) is 4.79 Å². The first-order valence-corrected chi connectivity index (χ1v) is 6.06. The number of nitrogens with two attached hydrogens (primary N) is 1. The molecule has 1 aromatic rings. The molecule has 0 saturated heterocycles. The van der Waals surface area contributed by atoms with E-state index in [0.717, 1.165) is 24.8 Å². The van der Waals surface area contributed by atoms with Crippen LogP contribution in [-0.4, -0.2) is 12.6 Å². The van der Waals surface area contributed by atoms with Gasteiger partial charge in [-0.2, -0.15) is 0 Å². The number of anilines is 1. The molecular weight excluding hydrogens is 222 g/mol. The predicted molar refractivity (Wildman–Crippen MR) is 64.5 cm³/mol. The van der Waals surface area contributed by atoms with Crippen LogP contribution in [-0.2, 0) is 17.6 Å². The number of fused-ring (bicyclic) bond motifs is 1. The van der Waals surface area contributed by atoms with Crippen molar-refractivity contribution in [3.05, 3.63) is 16.0 Å². The zero-order chi connectivity index (χ0) is 11.5. The number of carbonyl (C=O) groups excluding carboxylic acids is 1. The fourth-order valence-electron chi connectivity index (χ4n) is 1.99. The highest BCUT2D eigenvalue weighted by molar-refractivity contribution is 7.16. The van der Waals surface area contributed by atoms with Crippen LogP contribution in [0.5, 0.6) is 0 Å². The summed E-state index contributed by atoms with van der Waals surface area (Å²) >= 11 is 1.50. The van der Waals surface area contributed by atoms with E-state index in [4.69, 9.17) is 16.9 Å². The molecule has 0 aromatic carbocycles. The molecule has 0 spiro atoms. The maximum absolute atomic E-state index is 11.8. The van der Waals surface area contributed by atoms with Gasteiger partial charge in [-0.1, -0.05) is 5.92 Å². The van der Waals surface area contributed by atoms with Crippen LogP contribution in [0.15, 0.2) is 0 Å². The lowest BCUT2D eigenvalue weighted by Crippen LogP contribution is -2.11. The van der Waals surface area contributed by atoms with Gasteiger partial charge in [0.2, 0.25) is 0 Å². The molecule has 0 fully saturated rings. The SMILES string of the molecule is C#CCOC(=O)c1c(N)sc2c1CCCC2. The van der Waals surface area contributed by atoms with Gasteiger partial charge in [0.25, 0.3) is 0 Å². The highest BCUT2D eigenvalue weighted by Gasteiger charge is 2.24. The van der Waals surface area contributed by atoms with Crippen LogP contribution in [0.1, 0.15) is 33.6 Å². The van der Waals surface area contributed by atoms with Crippen LogP contribution < -0.4 is 5.73 Å². The maximum atomic E-state index is 11.8. The smallest absolute Gasteiger partial charge is 0.342 e. The molecule has 0 radical (unpaired) electrons. The minimum atomic E-state index is -0.380. The second-order valence-corrected chi connectivity index (χ2v) is 4.87. The second kappa shape index (κ2) is 4.58. The zero-order valence-corrected chi connectivity index (χ0v) is 9.73. The number of thiophene rings is 1. The molecule has 2 rings (SSSR count). The first-order valence-electron chi connectivity index (χ1n) is 5.24. The first kappa shape index (κ1) is 11.0. The molecule has 0 saturated carbocycles. The minimum Gasteiger partial charge on any atom is -0.449 e. The lowest BCUT2D eigenvalue weighted by molar-refractivity contribution is 0.0557. The van der Waals surface area contributed by atoms with E-state index in [2.05, 4.69) is 5.92 Å². The fraction of sp³-hybridized carbons (Fsp3) is 0.417. The van der Waals surface area contributed by atoms with Crippen LogP contribution in [0.3, 0.4) is 0 Å². The van der Waals surface area contributed by atoms with Crippen LogP contribution >= 0.6 is 11.3 Å². The van der Waals surface area contributed by atoms with Gasteiger partial charge in [0.15, 0.2) is 6.61 Å². The van der Waals surface area contributed by atoms with Crippen LogP contribution in [0.4, 0.5) is 5.00 Å². The van der Waals surface area contributed by atoms with Crippen molar-refractivity contribution in [3.63, 3.8) is 0 Å². The monoisotopic (exact) mass is 235 g/mol. The number of hydrogen-bond acceptors (Lipinski definition) is 4. The van der Waals surface area contributed by atoms with Gasteiger partial charge < -0.3 is 10.5 Å². The standard InChI is InChI=1S/C12H13NO2S/c1-2-7-15-12(14)10-8-5-3-4-6-9(8)16-11(10)13/h1H,3-7,13H2. The average Bonchev–Trinajstić information content (AvgIpc) is 2.62. The Morgan fingerprint density at radius 2 is 2.25 bits per heavy atom. The molecule has 16 heavy (non-hydrogen) atoms. The highest BCUT2D eigenvalue weighted by Crippen LogP contribution is 2.36. The Hall–Kier alpha value is -1.47. The van der Waals surface area contributed by atoms with Crippen LogP contribution in [0.25, 0.3) is 0 Å². The summed E-state index contributed by atoms with van der Waals surface area (Å²) in [7, 11) is 0. The Kier molecular flexibility index (Phi) is 3.16. The molecule has 1 aromatic heterocycles. The maximum Gasteiger partial charge on any atom is 0.342 e. The Morgan fingerprint density at radius 1 is 1.50 bits per heavy atom. The van der Waals surface area contributed by atoms with Crippen molar-refractivity contribution in [2.45, 2.75) is 25.7 Å². The summed E-state index contributed by atoms with van der Waals surface area (Å²) in [6.07, 6.45) is 9.27. The van der Waals surface area contributed by atoms with Gasteiger partial charge in [-0.05, 0) is 31.2 Å². The Labute approximate surface area is 98.6 Å². The van der Waals surface area contributed by atoms with Gasteiger partial charge in [-0.3, -0.25) is 0 Å². The molecule has 0 amide bonds. The summed E-state index contributed by atoms with van der Waals surface area (Å²) in [6, 6.07) is 0. The Balaban J connectivity index is 2.30. The average molecular weight is 235 g/mol. The van der Waals surface area contributed by atoms with E-state index in [-0.39, 0.29) is 12.6 Å². The zero-order valence-electron chi connectivity index (χ0n) is 8.91. The lowest BCUT2D eigenvalue weighted by Gasteiger charge is -2.11. The van der Waals surface area contributed by atoms with Crippen LogP contribution in [0, 0.1) is 12.3 Å². The number of hydrogen-bond donors (Lipinski definition) is 1. The molecule has 0 bridgehead atoms. The van der Waals surface area contributed by atoms with Crippen molar-refractivity contribution < 1.29 is 9.53 Å². The molecule has 4 heteroatoms. The van der Waals surface area contributed by atoms with Gasteiger partial charge >= 0.3 is 5.97 Å². The molecule has 1 aliphatic rings. The van der Waals surface area contributed by atoms with E-state index in [1.54, 1.807) is 0 Å². The molecule has 84 valence electrons. The first-order chi connectivity index (χ1) is 7.74. The van der Waals surface area contributed by atoms with Gasteiger partial charge in [0.1, 0.15) is 5.00 Å². The molecule has 2 N–H and O–H groups in total. The minimum absolute atomic E-state index is 0.00287. The molecule has 1 aliphatic carbocycles. The summed E-state index contributed by atoms with van der Waals surface area (Å²) in [5.41, 5.74) is 7.49. The molecule has 0 atom stereocenters. The number of nitrogen functional groups attached to an aromatic ring is 1. The van der Waals surface area contributed by atoms with E-state index in [0.29, 0.717) is 10.6 Å². The summed E-state index contributed by atoms with van der Waals surface area (Å²) < 4.78 is 4.93. The molecular formula is C12H13NO2S. The summed E-state index contributed by atoms with van der Waals surface area (Å²) in [6.45, 7) is 0.00287. The van der Waals surface area contributed by atoms with E-state index in [1.807, 2.05) is 0 Å². The summed E-state index contributed by atoms with van der Waals surface area (Å²) in [5, 5.41) is 0.564. The van der Waals surface area contributed by atoms with Crippen molar-refractivity contribution in [1.29, 1.82) is 0 Å². The number of ether oxygens (including phenoxy) is 1. The summed E-state index contributed by atoms with van der Waals surface area (Å²) in [4.78, 5) is 13.0. The van der Waals surface area contributed by atoms with E-state index in [9.17, 15) is 4.79 Å². The molecule has 0 aliphatic heterocycles. The number of aryl methyl sites for hydroxylation is 1. The predicted octanol–water partition coefficient (Wildman–Crippen LogP) is 2.00. The second-order valence-electron chi connectivity index (χ2n) is 3.73. The third-order valence-corrected chi connectivity index (χ3v) is 3.81. The lowest BCUT2D eigenvalue weighted by atomic mass is 9.95. The van der Waals surface area contributed by atoms with E-state index >= 15 is 0 Å². The van der Waals surface area contributed by atoms with Gasteiger partial charge in [-0.15, -0.1) is 17.8 Å². The normalized spacial score (nSPS) is 13.9.